The lowest BCUT2D eigenvalue weighted by Crippen LogP contribution is -2.37. The maximum absolute atomic E-state index is 13.0. The van der Waals surface area contributed by atoms with Crippen LogP contribution in [0.15, 0.2) is 30.6 Å². The van der Waals surface area contributed by atoms with Gasteiger partial charge in [0, 0.05) is 50.0 Å². The van der Waals surface area contributed by atoms with E-state index in [1.54, 1.807) is 17.3 Å². The van der Waals surface area contributed by atoms with Gasteiger partial charge in [-0.3, -0.25) is 9.78 Å². The van der Waals surface area contributed by atoms with Crippen LogP contribution in [0.4, 0.5) is 4.39 Å². The fourth-order valence-electron chi connectivity index (χ4n) is 3.28. The minimum absolute atomic E-state index is 0.0435. The van der Waals surface area contributed by atoms with Gasteiger partial charge in [0.15, 0.2) is 0 Å². The highest BCUT2D eigenvalue weighted by molar-refractivity contribution is 5.95. The quantitative estimate of drug-likeness (QED) is 0.856. The lowest BCUT2D eigenvalue weighted by molar-refractivity contribution is 0.0342. The molecule has 3 heterocycles. The topological polar surface area (TPSA) is 47.4 Å². The van der Waals surface area contributed by atoms with Crippen LogP contribution in [-0.4, -0.2) is 52.8 Å². The summed E-state index contributed by atoms with van der Waals surface area (Å²) in [6.45, 7) is 5.50. The number of amides is 1. The Balaban J connectivity index is 1.82. The zero-order valence-corrected chi connectivity index (χ0v) is 14.7. The highest BCUT2D eigenvalue weighted by Gasteiger charge is 2.26. The average molecular weight is 345 g/mol. The molecule has 6 heteroatoms. The van der Waals surface area contributed by atoms with Crippen molar-refractivity contribution in [2.45, 2.75) is 32.9 Å². The molecular weight excluding hydrogens is 321 g/mol. The number of aromatic nitrogens is 2. The first-order chi connectivity index (χ1) is 12.1. The van der Waals surface area contributed by atoms with Crippen molar-refractivity contribution in [2.24, 2.45) is 0 Å². The molecule has 3 rings (SSSR count). The predicted octanol–water partition coefficient (Wildman–Crippen LogP) is 2.75. The first-order valence-corrected chi connectivity index (χ1v) is 8.62. The van der Waals surface area contributed by atoms with Crippen molar-refractivity contribution >= 4 is 5.91 Å². The van der Waals surface area contributed by atoms with Crippen LogP contribution >= 0.6 is 0 Å². The van der Waals surface area contributed by atoms with Crippen molar-refractivity contribution in [1.29, 1.82) is 0 Å². The Hall–Kier alpha value is -2.21. The summed E-state index contributed by atoms with van der Waals surface area (Å²) in [6, 6.07) is 5.87. The molecule has 1 aliphatic rings. The number of hydrogen-bond donors (Lipinski definition) is 0. The molecule has 1 unspecified atom stereocenters. The zero-order valence-electron chi connectivity index (χ0n) is 14.7. The SMILES string of the molecule is Cc1cc(C(=O)N2CCCOC(CF)C2)c(C)n1Cc1ccncc1. The highest BCUT2D eigenvalue weighted by atomic mass is 19.1. The third kappa shape index (κ3) is 3.90. The number of hydrogen-bond acceptors (Lipinski definition) is 3. The lowest BCUT2D eigenvalue weighted by atomic mass is 10.2. The van der Waals surface area contributed by atoms with Gasteiger partial charge in [-0.15, -0.1) is 0 Å². The molecule has 0 aromatic carbocycles. The van der Waals surface area contributed by atoms with E-state index >= 15 is 0 Å². The number of rotatable bonds is 4. The van der Waals surface area contributed by atoms with Gasteiger partial charge in [-0.25, -0.2) is 4.39 Å². The summed E-state index contributed by atoms with van der Waals surface area (Å²) in [5.41, 5.74) is 3.79. The van der Waals surface area contributed by atoms with E-state index in [1.165, 1.54) is 0 Å². The molecule has 0 saturated carbocycles. The van der Waals surface area contributed by atoms with Gasteiger partial charge < -0.3 is 14.2 Å². The molecule has 0 radical (unpaired) electrons. The Bertz CT molecular complexity index is 730. The minimum Gasteiger partial charge on any atom is -0.374 e. The third-order valence-electron chi connectivity index (χ3n) is 4.70. The van der Waals surface area contributed by atoms with Gasteiger partial charge in [0.1, 0.15) is 12.8 Å². The molecule has 1 atom stereocenters. The molecule has 1 amide bonds. The number of ether oxygens (including phenoxy) is 1. The van der Waals surface area contributed by atoms with E-state index in [4.69, 9.17) is 4.74 Å². The second-order valence-electron chi connectivity index (χ2n) is 6.48. The van der Waals surface area contributed by atoms with E-state index in [-0.39, 0.29) is 5.91 Å². The summed E-state index contributed by atoms with van der Waals surface area (Å²) in [5.74, 6) is -0.0435. The molecule has 5 nitrogen and oxygen atoms in total. The second-order valence-corrected chi connectivity index (χ2v) is 6.48. The molecule has 0 aliphatic carbocycles. The van der Waals surface area contributed by atoms with Gasteiger partial charge >= 0.3 is 0 Å². The third-order valence-corrected chi connectivity index (χ3v) is 4.70. The van der Waals surface area contributed by atoms with Crippen LogP contribution in [0.3, 0.4) is 0 Å². The van der Waals surface area contributed by atoms with E-state index in [9.17, 15) is 9.18 Å². The van der Waals surface area contributed by atoms with Crippen LogP contribution in [0.2, 0.25) is 0 Å². The van der Waals surface area contributed by atoms with Crippen LogP contribution in [-0.2, 0) is 11.3 Å². The normalized spacial score (nSPS) is 18.2. The molecule has 1 aliphatic heterocycles. The van der Waals surface area contributed by atoms with Gasteiger partial charge in [-0.05, 0) is 44.0 Å². The van der Waals surface area contributed by atoms with Crippen LogP contribution in [0.1, 0.15) is 33.7 Å². The zero-order chi connectivity index (χ0) is 17.8. The standard InChI is InChI=1S/C19H24FN3O2/c1-14-10-18(15(2)23(14)12-16-4-6-21-7-5-16)19(24)22-8-3-9-25-17(11-20)13-22/h4-7,10,17H,3,8-9,11-13H2,1-2H3. The molecule has 0 bridgehead atoms. The summed E-state index contributed by atoms with van der Waals surface area (Å²) in [6.07, 6.45) is 3.75. The number of pyridine rings is 1. The van der Waals surface area contributed by atoms with E-state index in [1.807, 2.05) is 32.0 Å². The molecule has 1 saturated heterocycles. The summed E-state index contributed by atoms with van der Waals surface area (Å²) < 4.78 is 20.6. The number of carbonyl (C=O) groups excluding carboxylic acids is 1. The molecule has 25 heavy (non-hydrogen) atoms. The van der Waals surface area contributed by atoms with E-state index in [2.05, 4.69) is 9.55 Å². The largest absolute Gasteiger partial charge is 0.374 e. The summed E-state index contributed by atoms with van der Waals surface area (Å²) in [7, 11) is 0. The van der Waals surface area contributed by atoms with E-state index < -0.39 is 12.8 Å². The van der Waals surface area contributed by atoms with Crippen molar-refractivity contribution in [3.63, 3.8) is 0 Å². The van der Waals surface area contributed by atoms with Crippen molar-refractivity contribution in [1.82, 2.24) is 14.5 Å². The molecule has 134 valence electrons. The first-order valence-electron chi connectivity index (χ1n) is 8.62. The van der Waals surface area contributed by atoms with Crippen LogP contribution in [0, 0.1) is 13.8 Å². The maximum atomic E-state index is 13.0. The molecule has 0 spiro atoms. The fraction of sp³-hybridized carbons (Fsp3) is 0.474. The number of halogens is 1. The van der Waals surface area contributed by atoms with Crippen LogP contribution in [0.5, 0.6) is 0 Å². The summed E-state index contributed by atoms with van der Waals surface area (Å²) in [5, 5.41) is 0. The number of carbonyl (C=O) groups is 1. The Kier molecular flexibility index (Phi) is 5.48. The van der Waals surface area contributed by atoms with Crippen molar-refractivity contribution in [2.75, 3.05) is 26.4 Å². The smallest absolute Gasteiger partial charge is 0.255 e. The highest BCUT2D eigenvalue weighted by Crippen LogP contribution is 2.20. The molecule has 2 aromatic heterocycles. The van der Waals surface area contributed by atoms with Crippen molar-refractivity contribution in [3.8, 4) is 0 Å². The van der Waals surface area contributed by atoms with E-state index in [0.717, 1.165) is 23.4 Å². The predicted molar refractivity (Wildman–Crippen MR) is 93.5 cm³/mol. The molecule has 0 N–H and O–H groups in total. The average Bonchev–Trinajstić information content (AvgIpc) is 2.82. The van der Waals surface area contributed by atoms with Gasteiger partial charge in [0.05, 0.1) is 5.56 Å². The Morgan fingerprint density at radius 1 is 1.36 bits per heavy atom. The van der Waals surface area contributed by atoms with Crippen molar-refractivity contribution in [3.05, 3.63) is 53.1 Å². The van der Waals surface area contributed by atoms with Gasteiger partial charge in [-0.1, -0.05) is 0 Å². The lowest BCUT2D eigenvalue weighted by Gasteiger charge is -2.22. The Morgan fingerprint density at radius 3 is 2.84 bits per heavy atom. The Morgan fingerprint density at radius 2 is 2.12 bits per heavy atom. The van der Waals surface area contributed by atoms with Crippen LogP contribution in [0.25, 0.3) is 0 Å². The van der Waals surface area contributed by atoms with Gasteiger partial charge in [0.25, 0.3) is 5.91 Å². The van der Waals surface area contributed by atoms with Gasteiger partial charge in [0.2, 0.25) is 0 Å². The summed E-state index contributed by atoms with van der Waals surface area (Å²) in [4.78, 5) is 18.7. The van der Waals surface area contributed by atoms with Crippen LogP contribution < -0.4 is 0 Å². The second kappa shape index (κ2) is 7.78. The molecule has 1 fully saturated rings. The number of alkyl halides is 1. The number of aryl methyl sites for hydroxylation is 1. The monoisotopic (exact) mass is 345 g/mol. The van der Waals surface area contributed by atoms with E-state index in [0.29, 0.717) is 31.8 Å². The van der Waals surface area contributed by atoms with Gasteiger partial charge in [-0.2, -0.15) is 0 Å². The van der Waals surface area contributed by atoms with Crippen molar-refractivity contribution < 1.29 is 13.9 Å². The summed E-state index contributed by atoms with van der Waals surface area (Å²) >= 11 is 0. The fourth-order valence-corrected chi connectivity index (χ4v) is 3.28. The molecule has 2 aromatic rings. The molecular formula is C19H24FN3O2. The number of nitrogens with zero attached hydrogens (tertiary/aromatic N) is 3. The maximum Gasteiger partial charge on any atom is 0.255 e. The minimum atomic E-state index is -0.565. The first kappa shape index (κ1) is 17.6. The Labute approximate surface area is 147 Å².